The van der Waals surface area contributed by atoms with Gasteiger partial charge in [-0.15, -0.1) is 0 Å². The molecule has 4 nitrogen and oxygen atoms in total. The van der Waals surface area contributed by atoms with Crippen molar-refractivity contribution in [2.75, 3.05) is 18.5 Å². The second kappa shape index (κ2) is 7.07. The van der Waals surface area contributed by atoms with E-state index in [1.165, 1.54) is 0 Å². The van der Waals surface area contributed by atoms with Gasteiger partial charge in [-0.1, -0.05) is 23.7 Å². The number of aromatic nitrogens is 2. The van der Waals surface area contributed by atoms with Crippen LogP contribution in [-0.4, -0.2) is 23.1 Å². The van der Waals surface area contributed by atoms with Crippen LogP contribution in [0.3, 0.4) is 0 Å². The number of rotatable bonds is 6. The Morgan fingerprint density at radius 2 is 1.84 bits per heavy atom. The molecular formula is C14H16ClN3O. The van der Waals surface area contributed by atoms with E-state index in [2.05, 4.69) is 15.3 Å². The number of nitrogens with zero attached hydrogens (tertiary/aromatic N) is 2. The van der Waals surface area contributed by atoms with Gasteiger partial charge in [-0.25, -0.2) is 9.97 Å². The van der Waals surface area contributed by atoms with Gasteiger partial charge in [0.15, 0.2) is 0 Å². The molecule has 0 aliphatic heterocycles. The van der Waals surface area contributed by atoms with Crippen LogP contribution >= 0.6 is 11.6 Å². The molecule has 0 saturated carbocycles. The molecule has 2 rings (SSSR count). The quantitative estimate of drug-likeness (QED) is 0.825. The first kappa shape index (κ1) is 13.8. The van der Waals surface area contributed by atoms with Gasteiger partial charge < -0.3 is 10.1 Å². The monoisotopic (exact) mass is 277 g/mol. The summed E-state index contributed by atoms with van der Waals surface area (Å²) in [6, 6.07) is 7.63. The Morgan fingerprint density at radius 3 is 2.53 bits per heavy atom. The predicted molar refractivity (Wildman–Crippen MR) is 76.4 cm³/mol. The highest BCUT2D eigenvalue weighted by atomic mass is 35.5. The standard InChI is InChI=1S/C14H16ClN3O/c1-11-8-17-14(18-9-11)16-6-7-19-10-12-2-4-13(15)5-3-12/h2-5,8-9H,6-7,10H2,1H3,(H,16,17,18). The van der Waals surface area contributed by atoms with E-state index < -0.39 is 0 Å². The first-order chi connectivity index (χ1) is 9.24. The van der Waals surface area contributed by atoms with Crippen LogP contribution in [0.25, 0.3) is 0 Å². The molecule has 1 N–H and O–H groups in total. The van der Waals surface area contributed by atoms with Crippen LogP contribution in [-0.2, 0) is 11.3 Å². The lowest BCUT2D eigenvalue weighted by Gasteiger charge is -2.06. The summed E-state index contributed by atoms with van der Waals surface area (Å²) in [7, 11) is 0. The van der Waals surface area contributed by atoms with Gasteiger partial charge in [0.05, 0.1) is 13.2 Å². The number of aryl methyl sites for hydroxylation is 1. The molecule has 1 aromatic carbocycles. The summed E-state index contributed by atoms with van der Waals surface area (Å²) in [6.07, 6.45) is 3.56. The van der Waals surface area contributed by atoms with Crippen LogP contribution in [0.2, 0.25) is 5.02 Å². The summed E-state index contributed by atoms with van der Waals surface area (Å²) in [5.74, 6) is 0.626. The van der Waals surface area contributed by atoms with Crippen molar-refractivity contribution in [1.82, 2.24) is 9.97 Å². The van der Waals surface area contributed by atoms with Gasteiger partial charge in [0.2, 0.25) is 5.95 Å². The molecule has 0 radical (unpaired) electrons. The predicted octanol–water partition coefficient (Wildman–Crippen LogP) is 3.07. The highest BCUT2D eigenvalue weighted by Crippen LogP contribution is 2.10. The Hall–Kier alpha value is -1.65. The average Bonchev–Trinajstić information content (AvgIpc) is 2.43. The van der Waals surface area contributed by atoms with E-state index in [9.17, 15) is 0 Å². The van der Waals surface area contributed by atoms with Gasteiger partial charge in [0, 0.05) is 24.0 Å². The maximum absolute atomic E-state index is 5.81. The first-order valence-electron chi connectivity index (χ1n) is 6.09. The summed E-state index contributed by atoms with van der Waals surface area (Å²) in [5, 5.41) is 3.84. The van der Waals surface area contributed by atoms with E-state index in [0.29, 0.717) is 25.7 Å². The van der Waals surface area contributed by atoms with E-state index in [0.717, 1.165) is 16.1 Å². The first-order valence-corrected chi connectivity index (χ1v) is 6.46. The number of nitrogens with one attached hydrogen (secondary N) is 1. The van der Waals surface area contributed by atoms with Crippen LogP contribution < -0.4 is 5.32 Å². The smallest absolute Gasteiger partial charge is 0.222 e. The fourth-order valence-corrected chi connectivity index (χ4v) is 1.62. The summed E-state index contributed by atoms with van der Waals surface area (Å²) in [6.45, 7) is 3.81. The minimum Gasteiger partial charge on any atom is -0.375 e. The molecule has 0 aliphatic carbocycles. The molecule has 0 fully saturated rings. The molecule has 0 atom stereocenters. The molecule has 2 aromatic rings. The van der Waals surface area contributed by atoms with Gasteiger partial charge in [-0.2, -0.15) is 0 Å². The molecule has 5 heteroatoms. The molecule has 0 spiro atoms. The average molecular weight is 278 g/mol. The lowest BCUT2D eigenvalue weighted by Crippen LogP contribution is -2.11. The Labute approximate surface area is 117 Å². The van der Waals surface area contributed by atoms with Crippen molar-refractivity contribution in [1.29, 1.82) is 0 Å². The second-order valence-corrected chi connectivity index (χ2v) is 4.63. The van der Waals surface area contributed by atoms with Gasteiger partial charge in [0.1, 0.15) is 0 Å². The van der Waals surface area contributed by atoms with E-state index in [1.807, 2.05) is 31.2 Å². The topological polar surface area (TPSA) is 47.0 Å². The molecule has 0 saturated heterocycles. The zero-order valence-electron chi connectivity index (χ0n) is 10.8. The summed E-state index contributed by atoms with van der Waals surface area (Å²) in [5.41, 5.74) is 2.15. The van der Waals surface area contributed by atoms with Crippen LogP contribution in [0.15, 0.2) is 36.7 Å². The summed E-state index contributed by atoms with van der Waals surface area (Å²) >= 11 is 5.81. The minimum atomic E-state index is 0.577. The van der Waals surface area contributed by atoms with E-state index >= 15 is 0 Å². The summed E-state index contributed by atoms with van der Waals surface area (Å²) < 4.78 is 5.54. The molecule has 0 aliphatic rings. The van der Waals surface area contributed by atoms with Crippen molar-refractivity contribution in [3.63, 3.8) is 0 Å². The molecule has 1 aromatic heterocycles. The number of benzene rings is 1. The van der Waals surface area contributed by atoms with Crippen molar-refractivity contribution in [2.24, 2.45) is 0 Å². The normalized spacial score (nSPS) is 10.4. The molecule has 0 bridgehead atoms. The van der Waals surface area contributed by atoms with E-state index in [1.54, 1.807) is 12.4 Å². The maximum Gasteiger partial charge on any atom is 0.222 e. The number of anilines is 1. The number of hydrogen-bond donors (Lipinski definition) is 1. The van der Waals surface area contributed by atoms with Gasteiger partial charge in [-0.3, -0.25) is 0 Å². The van der Waals surface area contributed by atoms with Crippen molar-refractivity contribution in [2.45, 2.75) is 13.5 Å². The fourth-order valence-electron chi connectivity index (χ4n) is 1.49. The van der Waals surface area contributed by atoms with Crippen LogP contribution in [0.1, 0.15) is 11.1 Å². The van der Waals surface area contributed by atoms with Crippen molar-refractivity contribution < 1.29 is 4.74 Å². The van der Waals surface area contributed by atoms with Crippen molar-refractivity contribution in [3.8, 4) is 0 Å². The van der Waals surface area contributed by atoms with E-state index in [4.69, 9.17) is 16.3 Å². The minimum absolute atomic E-state index is 0.577. The third kappa shape index (κ3) is 4.85. The lowest BCUT2D eigenvalue weighted by atomic mass is 10.2. The largest absolute Gasteiger partial charge is 0.375 e. The molecule has 100 valence electrons. The van der Waals surface area contributed by atoms with Gasteiger partial charge in [0.25, 0.3) is 0 Å². The van der Waals surface area contributed by atoms with Crippen LogP contribution in [0, 0.1) is 6.92 Å². The Balaban J connectivity index is 1.64. The zero-order chi connectivity index (χ0) is 13.5. The third-order valence-corrected chi connectivity index (χ3v) is 2.74. The molecular weight excluding hydrogens is 262 g/mol. The second-order valence-electron chi connectivity index (χ2n) is 4.19. The van der Waals surface area contributed by atoms with Crippen LogP contribution in [0.5, 0.6) is 0 Å². The molecule has 0 amide bonds. The van der Waals surface area contributed by atoms with Crippen molar-refractivity contribution in [3.05, 3.63) is 52.8 Å². The summed E-state index contributed by atoms with van der Waals surface area (Å²) in [4.78, 5) is 8.30. The Morgan fingerprint density at radius 1 is 1.16 bits per heavy atom. The Bertz CT molecular complexity index is 452. The highest BCUT2D eigenvalue weighted by Gasteiger charge is 1.96. The van der Waals surface area contributed by atoms with Gasteiger partial charge >= 0.3 is 0 Å². The highest BCUT2D eigenvalue weighted by molar-refractivity contribution is 6.30. The molecule has 19 heavy (non-hydrogen) atoms. The zero-order valence-corrected chi connectivity index (χ0v) is 11.5. The fraction of sp³-hybridized carbons (Fsp3) is 0.286. The number of ether oxygens (including phenoxy) is 1. The number of halogens is 1. The van der Waals surface area contributed by atoms with Crippen molar-refractivity contribution >= 4 is 17.5 Å². The SMILES string of the molecule is Cc1cnc(NCCOCc2ccc(Cl)cc2)nc1. The third-order valence-electron chi connectivity index (χ3n) is 2.49. The Kier molecular flexibility index (Phi) is 5.12. The molecule has 1 heterocycles. The molecule has 0 unspecified atom stereocenters. The van der Waals surface area contributed by atoms with Crippen LogP contribution in [0.4, 0.5) is 5.95 Å². The number of hydrogen-bond acceptors (Lipinski definition) is 4. The maximum atomic E-state index is 5.81. The lowest BCUT2D eigenvalue weighted by molar-refractivity contribution is 0.130. The van der Waals surface area contributed by atoms with E-state index in [-0.39, 0.29) is 0 Å². The van der Waals surface area contributed by atoms with Gasteiger partial charge in [-0.05, 0) is 30.2 Å².